The number of aryl methyl sites for hydroxylation is 1. The zero-order valence-electron chi connectivity index (χ0n) is 10.7. The van der Waals surface area contributed by atoms with E-state index in [1.807, 2.05) is 25.1 Å². The molecule has 0 saturated carbocycles. The fourth-order valence-electron chi connectivity index (χ4n) is 1.74. The fourth-order valence-corrected chi connectivity index (χ4v) is 1.74. The van der Waals surface area contributed by atoms with Gasteiger partial charge in [0.05, 0.1) is 11.2 Å². The highest BCUT2D eigenvalue weighted by Crippen LogP contribution is 2.26. The molecule has 0 radical (unpaired) electrons. The molecule has 0 aliphatic heterocycles. The Labute approximate surface area is 101 Å². The van der Waals surface area contributed by atoms with Crippen molar-refractivity contribution < 1.29 is 0 Å². The van der Waals surface area contributed by atoms with Gasteiger partial charge in [0.2, 0.25) is 0 Å². The summed E-state index contributed by atoms with van der Waals surface area (Å²) >= 11 is 0. The summed E-state index contributed by atoms with van der Waals surface area (Å²) in [6.45, 7) is 8.17. The maximum Gasteiger partial charge on any atom is 0.138 e. The first-order valence-electron chi connectivity index (χ1n) is 5.68. The van der Waals surface area contributed by atoms with Gasteiger partial charge in [0.25, 0.3) is 0 Å². The van der Waals surface area contributed by atoms with Crippen LogP contribution in [0, 0.1) is 6.92 Å². The number of nitrogens with zero attached hydrogens (tertiary/aromatic N) is 2. The highest BCUT2D eigenvalue weighted by Gasteiger charge is 2.14. The molecule has 1 heterocycles. The van der Waals surface area contributed by atoms with Crippen LogP contribution < -0.4 is 11.1 Å². The molecule has 3 N–H and O–H groups in total. The van der Waals surface area contributed by atoms with Crippen molar-refractivity contribution in [3.63, 3.8) is 0 Å². The molecule has 90 valence electrons. The average molecular weight is 230 g/mol. The highest BCUT2D eigenvalue weighted by atomic mass is 15.1. The van der Waals surface area contributed by atoms with Crippen molar-refractivity contribution in [3.05, 3.63) is 24.0 Å². The first-order chi connectivity index (χ1) is 7.87. The first kappa shape index (κ1) is 11.6. The van der Waals surface area contributed by atoms with Crippen LogP contribution in [-0.2, 0) is 0 Å². The number of para-hydroxylation sites is 1. The first-order valence-corrected chi connectivity index (χ1v) is 5.68. The molecule has 17 heavy (non-hydrogen) atoms. The van der Waals surface area contributed by atoms with Gasteiger partial charge in [0, 0.05) is 10.9 Å². The number of nitrogens with one attached hydrogen (secondary N) is 1. The lowest BCUT2D eigenvalue weighted by molar-refractivity contribution is 0.631. The van der Waals surface area contributed by atoms with E-state index < -0.39 is 0 Å². The molecule has 0 bridgehead atoms. The Hall–Kier alpha value is -1.84. The molecule has 0 atom stereocenters. The number of benzene rings is 1. The van der Waals surface area contributed by atoms with Crippen LogP contribution in [0.1, 0.15) is 26.6 Å². The third-order valence-electron chi connectivity index (χ3n) is 2.36. The minimum Gasteiger partial charge on any atom is -0.397 e. The van der Waals surface area contributed by atoms with Crippen molar-refractivity contribution in [2.75, 3.05) is 11.1 Å². The summed E-state index contributed by atoms with van der Waals surface area (Å²) in [5, 5.41) is 4.35. The summed E-state index contributed by atoms with van der Waals surface area (Å²) < 4.78 is 0. The van der Waals surface area contributed by atoms with Crippen molar-refractivity contribution in [3.8, 4) is 0 Å². The molecule has 0 saturated heterocycles. The van der Waals surface area contributed by atoms with Gasteiger partial charge in [-0.15, -0.1) is 0 Å². The SMILES string of the molecule is Cc1nc(NC(C)(C)C)c2cccc(N)c2n1. The summed E-state index contributed by atoms with van der Waals surface area (Å²) in [7, 11) is 0. The van der Waals surface area contributed by atoms with Gasteiger partial charge in [-0.1, -0.05) is 6.07 Å². The zero-order valence-corrected chi connectivity index (χ0v) is 10.7. The lowest BCUT2D eigenvalue weighted by Gasteiger charge is -2.22. The zero-order chi connectivity index (χ0) is 12.6. The van der Waals surface area contributed by atoms with Gasteiger partial charge in [-0.2, -0.15) is 0 Å². The van der Waals surface area contributed by atoms with E-state index in [1.165, 1.54) is 0 Å². The molecule has 0 aliphatic rings. The molecule has 1 aromatic carbocycles. The van der Waals surface area contributed by atoms with Crippen LogP contribution in [0.15, 0.2) is 18.2 Å². The molecule has 0 spiro atoms. The van der Waals surface area contributed by atoms with Gasteiger partial charge in [-0.3, -0.25) is 0 Å². The van der Waals surface area contributed by atoms with Crippen LogP contribution in [0.3, 0.4) is 0 Å². The van der Waals surface area contributed by atoms with Crippen molar-refractivity contribution in [2.45, 2.75) is 33.2 Å². The van der Waals surface area contributed by atoms with Crippen LogP contribution in [0.4, 0.5) is 11.5 Å². The molecule has 0 amide bonds. The van der Waals surface area contributed by atoms with Crippen LogP contribution >= 0.6 is 0 Å². The summed E-state index contributed by atoms with van der Waals surface area (Å²) in [6, 6.07) is 5.76. The second kappa shape index (κ2) is 3.87. The topological polar surface area (TPSA) is 63.8 Å². The van der Waals surface area contributed by atoms with E-state index in [9.17, 15) is 0 Å². The van der Waals surface area contributed by atoms with Crippen molar-refractivity contribution in [1.29, 1.82) is 0 Å². The van der Waals surface area contributed by atoms with Crippen LogP contribution in [0.25, 0.3) is 10.9 Å². The molecule has 1 aromatic heterocycles. The van der Waals surface area contributed by atoms with E-state index in [0.29, 0.717) is 5.69 Å². The van der Waals surface area contributed by atoms with E-state index in [-0.39, 0.29) is 5.54 Å². The summed E-state index contributed by atoms with van der Waals surface area (Å²) in [4.78, 5) is 8.84. The normalized spacial score (nSPS) is 11.8. The van der Waals surface area contributed by atoms with E-state index >= 15 is 0 Å². The number of fused-ring (bicyclic) bond motifs is 1. The Kier molecular flexibility index (Phi) is 2.65. The van der Waals surface area contributed by atoms with Gasteiger partial charge in [-0.05, 0) is 39.8 Å². The lowest BCUT2D eigenvalue weighted by Crippen LogP contribution is -2.27. The molecule has 2 rings (SSSR count). The molecule has 0 aliphatic carbocycles. The minimum absolute atomic E-state index is 0.0433. The number of nitrogens with two attached hydrogens (primary N) is 1. The second-order valence-electron chi connectivity index (χ2n) is 5.24. The number of hydrogen-bond donors (Lipinski definition) is 2. The number of aromatic nitrogens is 2. The minimum atomic E-state index is -0.0433. The Bertz CT molecular complexity index is 555. The van der Waals surface area contributed by atoms with Crippen molar-refractivity contribution >= 4 is 22.4 Å². The summed E-state index contributed by atoms with van der Waals surface area (Å²) in [5.41, 5.74) is 7.39. The Morgan fingerprint density at radius 2 is 1.88 bits per heavy atom. The monoisotopic (exact) mass is 230 g/mol. The lowest BCUT2D eigenvalue weighted by atomic mass is 10.1. The van der Waals surface area contributed by atoms with Gasteiger partial charge in [0.1, 0.15) is 11.6 Å². The number of hydrogen-bond acceptors (Lipinski definition) is 4. The van der Waals surface area contributed by atoms with Gasteiger partial charge in [-0.25, -0.2) is 9.97 Å². The smallest absolute Gasteiger partial charge is 0.138 e. The quantitative estimate of drug-likeness (QED) is 0.739. The van der Waals surface area contributed by atoms with Crippen molar-refractivity contribution in [1.82, 2.24) is 9.97 Å². The maximum absolute atomic E-state index is 5.94. The largest absolute Gasteiger partial charge is 0.397 e. The molecule has 0 fully saturated rings. The summed E-state index contributed by atoms with van der Waals surface area (Å²) in [5.74, 6) is 1.56. The van der Waals surface area contributed by atoms with Gasteiger partial charge < -0.3 is 11.1 Å². The van der Waals surface area contributed by atoms with E-state index in [0.717, 1.165) is 22.5 Å². The molecule has 4 heteroatoms. The number of rotatable bonds is 1. The summed E-state index contributed by atoms with van der Waals surface area (Å²) in [6.07, 6.45) is 0. The highest BCUT2D eigenvalue weighted by molar-refractivity contribution is 5.96. The molecular formula is C13H18N4. The number of anilines is 2. The van der Waals surface area contributed by atoms with E-state index in [2.05, 4.69) is 36.1 Å². The van der Waals surface area contributed by atoms with Crippen LogP contribution in [0.2, 0.25) is 0 Å². The fraction of sp³-hybridized carbons (Fsp3) is 0.385. The predicted octanol–water partition coefficient (Wildman–Crippen LogP) is 2.73. The van der Waals surface area contributed by atoms with Crippen LogP contribution in [0.5, 0.6) is 0 Å². The number of nitrogen functional groups attached to an aromatic ring is 1. The predicted molar refractivity (Wildman–Crippen MR) is 72.1 cm³/mol. The van der Waals surface area contributed by atoms with E-state index in [1.54, 1.807) is 0 Å². The maximum atomic E-state index is 5.94. The van der Waals surface area contributed by atoms with Gasteiger partial charge >= 0.3 is 0 Å². The molecule has 4 nitrogen and oxygen atoms in total. The Balaban J connectivity index is 2.66. The third-order valence-corrected chi connectivity index (χ3v) is 2.36. The standard InChI is InChI=1S/C13H18N4/c1-8-15-11-9(6-5-7-10(11)14)12(16-8)17-13(2,3)4/h5-7H,14H2,1-4H3,(H,15,16,17). The van der Waals surface area contributed by atoms with Crippen molar-refractivity contribution in [2.24, 2.45) is 0 Å². The average Bonchev–Trinajstić information content (AvgIpc) is 2.17. The third kappa shape index (κ3) is 2.46. The van der Waals surface area contributed by atoms with E-state index in [4.69, 9.17) is 5.73 Å². The van der Waals surface area contributed by atoms with Gasteiger partial charge in [0.15, 0.2) is 0 Å². The molecule has 0 unspecified atom stereocenters. The van der Waals surface area contributed by atoms with Crippen LogP contribution in [-0.4, -0.2) is 15.5 Å². The second-order valence-corrected chi connectivity index (χ2v) is 5.24. The Morgan fingerprint density at radius 1 is 1.18 bits per heavy atom. The molecular weight excluding hydrogens is 212 g/mol. The molecule has 2 aromatic rings. The Morgan fingerprint density at radius 3 is 2.53 bits per heavy atom.